The summed E-state index contributed by atoms with van der Waals surface area (Å²) in [4.78, 5) is 14.1. The lowest BCUT2D eigenvalue weighted by Crippen LogP contribution is -2.47. The summed E-state index contributed by atoms with van der Waals surface area (Å²) >= 11 is 0. The highest BCUT2D eigenvalue weighted by Crippen LogP contribution is 2.04. The average Bonchev–Trinajstić information content (AvgIpc) is 2.83. The van der Waals surface area contributed by atoms with Gasteiger partial charge in [-0.15, -0.1) is 0 Å². The molecule has 18 heavy (non-hydrogen) atoms. The highest BCUT2D eigenvalue weighted by molar-refractivity contribution is 5.91. The number of aryl methyl sites for hydroxylation is 1. The maximum atomic E-state index is 11.8. The molecule has 1 N–H and O–H groups in total. The molecule has 1 saturated heterocycles. The zero-order valence-corrected chi connectivity index (χ0v) is 10.8. The fraction of sp³-hybridized carbons (Fsp3) is 0.667. The average molecular weight is 253 g/mol. The lowest BCUT2D eigenvalue weighted by Gasteiger charge is -2.32. The Balaban J connectivity index is 1.78. The molecule has 1 atom stereocenters. The lowest BCUT2D eigenvalue weighted by molar-refractivity contribution is 0.0203. The van der Waals surface area contributed by atoms with Crippen molar-refractivity contribution in [3.63, 3.8) is 0 Å². The first kappa shape index (κ1) is 13.0. The topological polar surface area (TPSA) is 67.6 Å². The number of nitrogens with one attached hydrogen (secondary N) is 1. The normalized spacial score (nSPS) is 18.6. The number of morpholine rings is 1. The van der Waals surface area contributed by atoms with Crippen LogP contribution >= 0.6 is 0 Å². The summed E-state index contributed by atoms with van der Waals surface area (Å²) in [5.41, 5.74) is 0.710. The molecule has 6 heteroatoms. The summed E-state index contributed by atoms with van der Waals surface area (Å²) < 4.78 is 10.2. The minimum atomic E-state index is -0.212. The van der Waals surface area contributed by atoms with Crippen LogP contribution in [0.2, 0.25) is 0 Å². The van der Waals surface area contributed by atoms with E-state index < -0.39 is 0 Å². The molecule has 1 aromatic heterocycles. The summed E-state index contributed by atoms with van der Waals surface area (Å²) in [5, 5.41) is 6.55. The van der Waals surface area contributed by atoms with Crippen molar-refractivity contribution < 1.29 is 14.1 Å². The van der Waals surface area contributed by atoms with Gasteiger partial charge in [0.1, 0.15) is 0 Å². The van der Waals surface area contributed by atoms with Crippen LogP contribution in [0.25, 0.3) is 0 Å². The van der Waals surface area contributed by atoms with Crippen molar-refractivity contribution in [2.75, 3.05) is 32.8 Å². The standard InChI is InChI=1S/C12H19N3O3/c1-9-7-11(18-14-9)12(16)13-8-10(2)15-3-5-17-6-4-15/h7,10H,3-6,8H2,1-2H3,(H,13,16). The van der Waals surface area contributed by atoms with Gasteiger partial charge in [-0.1, -0.05) is 5.16 Å². The van der Waals surface area contributed by atoms with E-state index in [1.807, 2.05) is 0 Å². The van der Waals surface area contributed by atoms with Crippen LogP contribution in [0.15, 0.2) is 10.6 Å². The molecular formula is C12H19N3O3. The van der Waals surface area contributed by atoms with Crippen LogP contribution < -0.4 is 5.32 Å². The van der Waals surface area contributed by atoms with E-state index in [0.29, 0.717) is 18.3 Å². The number of hydrogen-bond acceptors (Lipinski definition) is 5. The van der Waals surface area contributed by atoms with Crippen molar-refractivity contribution in [1.82, 2.24) is 15.4 Å². The largest absolute Gasteiger partial charge is 0.379 e. The van der Waals surface area contributed by atoms with E-state index in [-0.39, 0.29) is 11.7 Å². The Kier molecular flexibility index (Phi) is 4.33. The van der Waals surface area contributed by atoms with Gasteiger partial charge in [0.15, 0.2) is 0 Å². The molecule has 0 aromatic carbocycles. The van der Waals surface area contributed by atoms with Gasteiger partial charge in [0.25, 0.3) is 5.91 Å². The van der Waals surface area contributed by atoms with Crippen molar-refractivity contribution in [3.05, 3.63) is 17.5 Å². The summed E-state index contributed by atoms with van der Waals surface area (Å²) in [6.07, 6.45) is 0. The Morgan fingerprint density at radius 1 is 1.56 bits per heavy atom. The third-order valence-corrected chi connectivity index (χ3v) is 3.08. The van der Waals surface area contributed by atoms with Crippen molar-refractivity contribution in [2.45, 2.75) is 19.9 Å². The first-order valence-electron chi connectivity index (χ1n) is 6.20. The Labute approximate surface area is 106 Å². The van der Waals surface area contributed by atoms with Crippen LogP contribution in [0.3, 0.4) is 0 Å². The number of ether oxygens (including phenoxy) is 1. The SMILES string of the molecule is Cc1cc(C(=O)NCC(C)N2CCOCC2)on1. The fourth-order valence-electron chi connectivity index (χ4n) is 1.95. The second-order valence-electron chi connectivity index (χ2n) is 4.54. The molecule has 0 spiro atoms. The molecule has 2 heterocycles. The second kappa shape index (κ2) is 5.97. The highest BCUT2D eigenvalue weighted by atomic mass is 16.5. The number of carbonyl (C=O) groups excluding carboxylic acids is 1. The number of hydrogen-bond donors (Lipinski definition) is 1. The van der Waals surface area contributed by atoms with Gasteiger partial charge in [-0.2, -0.15) is 0 Å². The van der Waals surface area contributed by atoms with Gasteiger partial charge in [-0.3, -0.25) is 9.69 Å². The number of rotatable bonds is 4. The number of carbonyl (C=O) groups is 1. The number of amides is 1. The highest BCUT2D eigenvalue weighted by Gasteiger charge is 2.18. The predicted octanol–water partition coefficient (Wildman–Crippen LogP) is 0.434. The zero-order valence-electron chi connectivity index (χ0n) is 10.8. The maximum Gasteiger partial charge on any atom is 0.289 e. The minimum absolute atomic E-state index is 0.212. The Morgan fingerprint density at radius 2 is 2.28 bits per heavy atom. The Hall–Kier alpha value is -1.40. The van der Waals surface area contributed by atoms with Crippen LogP contribution in [-0.2, 0) is 4.74 Å². The smallest absolute Gasteiger partial charge is 0.289 e. The second-order valence-corrected chi connectivity index (χ2v) is 4.54. The summed E-state index contributed by atoms with van der Waals surface area (Å²) in [6, 6.07) is 1.93. The Bertz CT molecular complexity index is 399. The van der Waals surface area contributed by atoms with Gasteiger partial charge in [0.05, 0.1) is 18.9 Å². The van der Waals surface area contributed by atoms with E-state index in [0.717, 1.165) is 26.3 Å². The van der Waals surface area contributed by atoms with Gasteiger partial charge < -0.3 is 14.6 Å². The van der Waals surface area contributed by atoms with Crippen molar-refractivity contribution in [2.24, 2.45) is 0 Å². The first-order chi connectivity index (χ1) is 8.66. The monoisotopic (exact) mass is 253 g/mol. The van der Waals surface area contributed by atoms with E-state index in [2.05, 4.69) is 22.3 Å². The Morgan fingerprint density at radius 3 is 2.89 bits per heavy atom. The predicted molar refractivity (Wildman–Crippen MR) is 65.4 cm³/mol. The zero-order chi connectivity index (χ0) is 13.0. The van der Waals surface area contributed by atoms with E-state index in [1.165, 1.54) is 0 Å². The molecule has 100 valence electrons. The first-order valence-corrected chi connectivity index (χ1v) is 6.20. The van der Waals surface area contributed by atoms with Crippen LogP contribution in [-0.4, -0.2) is 54.9 Å². The molecule has 2 rings (SSSR count). The molecule has 0 aliphatic carbocycles. The molecule has 0 bridgehead atoms. The van der Waals surface area contributed by atoms with Gasteiger partial charge in [0, 0.05) is 31.7 Å². The lowest BCUT2D eigenvalue weighted by atomic mass is 10.2. The molecular weight excluding hydrogens is 234 g/mol. The van der Waals surface area contributed by atoms with Crippen molar-refractivity contribution >= 4 is 5.91 Å². The van der Waals surface area contributed by atoms with Crippen molar-refractivity contribution in [1.29, 1.82) is 0 Å². The molecule has 1 aliphatic rings. The van der Waals surface area contributed by atoms with E-state index in [4.69, 9.17) is 9.26 Å². The van der Waals surface area contributed by atoms with Gasteiger partial charge >= 0.3 is 0 Å². The number of aromatic nitrogens is 1. The van der Waals surface area contributed by atoms with Crippen molar-refractivity contribution in [3.8, 4) is 0 Å². The summed E-state index contributed by atoms with van der Waals surface area (Å²) in [7, 11) is 0. The third-order valence-electron chi connectivity index (χ3n) is 3.08. The molecule has 6 nitrogen and oxygen atoms in total. The van der Waals surface area contributed by atoms with Crippen LogP contribution in [0.5, 0.6) is 0 Å². The molecule has 1 aliphatic heterocycles. The molecule has 1 amide bonds. The summed E-state index contributed by atoms with van der Waals surface area (Å²) in [6.45, 7) is 7.84. The van der Waals surface area contributed by atoms with E-state index in [1.54, 1.807) is 13.0 Å². The van der Waals surface area contributed by atoms with Gasteiger partial charge in [0.2, 0.25) is 5.76 Å². The molecule has 0 saturated carbocycles. The molecule has 1 aromatic rings. The maximum absolute atomic E-state index is 11.8. The number of nitrogens with zero attached hydrogens (tertiary/aromatic N) is 2. The minimum Gasteiger partial charge on any atom is -0.379 e. The van der Waals surface area contributed by atoms with Crippen LogP contribution in [0.4, 0.5) is 0 Å². The fourth-order valence-corrected chi connectivity index (χ4v) is 1.95. The third kappa shape index (κ3) is 3.30. The van der Waals surface area contributed by atoms with Crippen LogP contribution in [0.1, 0.15) is 23.2 Å². The van der Waals surface area contributed by atoms with E-state index in [9.17, 15) is 4.79 Å². The molecule has 1 unspecified atom stereocenters. The quantitative estimate of drug-likeness (QED) is 0.843. The van der Waals surface area contributed by atoms with Gasteiger partial charge in [-0.05, 0) is 13.8 Å². The van der Waals surface area contributed by atoms with Gasteiger partial charge in [-0.25, -0.2) is 0 Å². The summed E-state index contributed by atoms with van der Waals surface area (Å²) in [5.74, 6) is 0.0531. The molecule has 0 radical (unpaired) electrons. The molecule has 1 fully saturated rings. The van der Waals surface area contributed by atoms with Crippen LogP contribution in [0, 0.1) is 6.92 Å². The van der Waals surface area contributed by atoms with E-state index >= 15 is 0 Å².